The van der Waals surface area contributed by atoms with Crippen molar-refractivity contribution in [3.63, 3.8) is 0 Å². The molecule has 0 spiro atoms. The molecule has 0 rings (SSSR count). The molecule has 0 aliphatic rings. The van der Waals surface area contributed by atoms with E-state index in [1.54, 1.807) is 0 Å². The Morgan fingerprint density at radius 1 is 0.818 bits per heavy atom. The third-order valence-electron chi connectivity index (χ3n) is 2.57. The van der Waals surface area contributed by atoms with E-state index in [1.165, 1.54) is 0 Å². The standard InChI is InChI=1S/C16H33N3O3/c1-15(2,3)11-13(20)17-7-9-22-10-8-18-14(21)19-12-16(4,5)6/h7-12H2,1-6H3,(H,17,20)(H2,18,19,21). The molecular formula is C16H33N3O3. The molecule has 130 valence electrons. The summed E-state index contributed by atoms with van der Waals surface area (Å²) in [6.45, 7) is 14.7. The molecule has 0 saturated carbocycles. The molecule has 0 bridgehead atoms. The summed E-state index contributed by atoms with van der Waals surface area (Å²) in [4.78, 5) is 23.0. The van der Waals surface area contributed by atoms with Crippen molar-refractivity contribution < 1.29 is 14.3 Å². The minimum absolute atomic E-state index is 0.00469. The summed E-state index contributed by atoms with van der Waals surface area (Å²) in [6.07, 6.45) is 0.502. The molecule has 0 aromatic carbocycles. The number of hydrogen-bond acceptors (Lipinski definition) is 3. The van der Waals surface area contributed by atoms with Gasteiger partial charge in [0.1, 0.15) is 0 Å². The van der Waals surface area contributed by atoms with Gasteiger partial charge in [0.05, 0.1) is 13.2 Å². The van der Waals surface area contributed by atoms with Gasteiger partial charge in [-0.05, 0) is 10.8 Å². The first-order valence-corrected chi connectivity index (χ1v) is 7.86. The molecule has 0 aromatic rings. The number of urea groups is 1. The van der Waals surface area contributed by atoms with Crippen molar-refractivity contribution >= 4 is 11.9 Å². The van der Waals surface area contributed by atoms with Crippen molar-refractivity contribution in [2.75, 3.05) is 32.8 Å². The van der Waals surface area contributed by atoms with Gasteiger partial charge in [0.2, 0.25) is 5.91 Å². The number of nitrogens with one attached hydrogen (secondary N) is 3. The van der Waals surface area contributed by atoms with Gasteiger partial charge in [-0.3, -0.25) is 4.79 Å². The summed E-state index contributed by atoms with van der Waals surface area (Å²) in [5, 5.41) is 8.33. The fraction of sp³-hybridized carbons (Fsp3) is 0.875. The average molecular weight is 315 g/mol. The van der Waals surface area contributed by atoms with E-state index >= 15 is 0 Å². The van der Waals surface area contributed by atoms with Gasteiger partial charge < -0.3 is 20.7 Å². The Bertz CT molecular complexity index is 344. The smallest absolute Gasteiger partial charge is 0.314 e. The SMILES string of the molecule is CC(C)(C)CNC(=O)NCCOCCNC(=O)CC(C)(C)C. The summed E-state index contributed by atoms with van der Waals surface area (Å²) >= 11 is 0. The predicted molar refractivity (Wildman–Crippen MR) is 88.8 cm³/mol. The number of rotatable bonds is 8. The molecule has 0 fully saturated rings. The Balaban J connectivity index is 3.47. The van der Waals surface area contributed by atoms with Gasteiger partial charge in [0.15, 0.2) is 0 Å². The molecule has 0 aliphatic carbocycles. The summed E-state index contributed by atoms with van der Waals surface area (Å²) in [5.41, 5.74) is 0.0639. The zero-order chi connectivity index (χ0) is 17.2. The minimum Gasteiger partial charge on any atom is -0.378 e. The Kier molecular flexibility index (Phi) is 9.09. The Hall–Kier alpha value is -1.30. The number of carbonyl (C=O) groups excluding carboxylic acids is 2. The summed E-state index contributed by atoms with van der Waals surface area (Å²) in [7, 11) is 0. The largest absolute Gasteiger partial charge is 0.378 e. The zero-order valence-electron chi connectivity index (χ0n) is 15.0. The van der Waals surface area contributed by atoms with Crippen molar-refractivity contribution in [2.24, 2.45) is 10.8 Å². The third-order valence-corrected chi connectivity index (χ3v) is 2.57. The zero-order valence-corrected chi connectivity index (χ0v) is 15.0. The third kappa shape index (κ3) is 15.1. The fourth-order valence-corrected chi connectivity index (χ4v) is 1.55. The molecule has 3 amide bonds. The van der Waals surface area contributed by atoms with Crippen molar-refractivity contribution in [2.45, 2.75) is 48.0 Å². The lowest BCUT2D eigenvalue weighted by molar-refractivity contribution is -0.123. The van der Waals surface area contributed by atoms with Crippen LogP contribution >= 0.6 is 0 Å². The molecule has 0 unspecified atom stereocenters. The number of amides is 3. The van der Waals surface area contributed by atoms with Gasteiger partial charge >= 0.3 is 6.03 Å². The van der Waals surface area contributed by atoms with Gasteiger partial charge in [-0.15, -0.1) is 0 Å². The summed E-state index contributed by atoms with van der Waals surface area (Å²) in [5.74, 6) is 0.0378. The first-order valence-electron chi connectivity index (χ1n) is 7.86. The van der Waals surface area contributed by atoms with Crippen LogP contribution in [-0.2, 0) is 9.53 Å². The van der Waals surface area contributed by atoms with E-state index in [1.807, 2.05) is 20.8 Å². The first-order chi connectivity index (χ1) is 9.99. The van der Waals surface area contributed by atoms with Crippen LogP contribution in [0, 0.1) is 10.8 Å². The van der Waals surface area contributed by atoms with Crippen LogP contribution in [0.5, 0.6) is 0 Å². The van der Waals surface area contributed by atoms with Crippen LogP contribution in [-0.4, -0.2) is 44.8 Å². The number of hydrogen-bond donors (Lipinski definition) is 3. The fourth-order valence-electron chi connectivity index (χ4n) is 1.55. The lowest BCUT2D eigenvalue weighted by Gasteiger charge is -2.19. The maximum Gasteiger partial charge on any atom is 0.314 e. The van der Waals surface area contributed by atoms with E-state index in [-0.39, 0.29) is 22.8 Å². The molecule has 6 heteroatoms. The van der Waals surface area contributed by atoms with E-state index in [9.17, 15) is 9.59 Å². The monoisotopic (exact) mass is 315 g/mol. The second-order valence-electron chi connectivity index (χ2n) is 7.87. The van der Waals surface area contributed by atoms with Gasteiger partial charge in [0.25, 0.3) is 0 Å². The molecule has 0 radical (unpaired) electrons. The van der Waals surface area contributed by atoms with Crippen molar-refractivity contribution in [3.05, 3.63) is 0 Å². The second kappa shape index (κ2) is 9.66. The van der Waals surface area contributed by atoms with Gasteiger partial charge in [-0.2, -0.15) is 0 Å². The molecule has 6 nitrogen and oxygen atoms in total. The Morgan fingerprint density at radius 3 is 1.86 bits per heavy atom. The van der Waals surface area contributed by atoms with Crippen molar-refractivity contribution in [1.29, 1.82) is 0 Å². The van der Waals surface area contributed by atoms with E-state index in [0.717, 1.165) is 0 Å². The molecule has 0 aromatic heterocycles. The highest BCUT2D eigenvalue weighted by Crippen LogP contribution is 2.17. The normalized spacial score (nSPS) is 11.9. The van der Waals surface area contributed by atoms with E-state index in [2.05, 4.69) is 36.7 Å². The second-order valence-corrected chi connectivity index (χ2v) is 7.87. The van der Waals surface area contributed by atoms with Crippen LogP contribution < -0.4 is 16.0 Å². The van der Waals surface area contributed by atoms with E-state index in [0.29, 0.717) is 39.3 Å². The van der Waals surface area contributed by atoms with Crippen LogP contribution in [0.2, 0.25) is 0 Å². The first kappa shape index (κ1) is 20.7. The molecule has 3 N–H and O–H groups in total. The maximum atomic E-state index is 11.6. The maximum absolute atomic E-state index is 11.6. The highest BCUT2D eigenvalue weighted by molar-refractivity contribution is 5.76. The van der Waals surface area contributed by atoms with Crippen LogP contribution in [0.1, 0.15) is 48.0 Å². The lowest BCUT2D eigenvalue weighted by Crippen LogP contribution is -2.41. The molecule has 0 aliphatic heterocycles. The summed E-state index contributed by atoms with van der Waals surface area (Å²) in [6, 6.07) is -0.183. The molecule has 0 atom stereocenters. The van der Waals surface area contributed by atoms with Crippen LogP contribution in [0.25, 0.3) is 0 Å². The lowest BCUT2D eigenvalue weighted by atomic mass is 9.92. The highest BCUT2D eigenvalue weighted by atomic mass is 16.5. The highest BCUT2D eigenvalue weighted by Gasteiger charge is 2.15. The average Bonchev–Trinajstić information content (AvgIpc) is 2.32. The minimum atomic E-state index is -0.183. The molecule has 0 saturated heterocycles. The van der Waals surface area contributed by atoms with Gasteiger partial charge in [0, 0.05) is 26.1 Å². The van der Waals surface area contributed by atoms with Crippen LogP contribution in [0.15, 0.2) is 0 Å². The van der Waals surface area contributed by atoms with Crippen LogP contribution in [0.3, 0.4) is 0 Å². The summed E-state index contributed by atoms with van der Waals surface area (Å²) < 4.78 is 5.35. The number of carbonyl (C=O) groups is 2. The van der Waals surface area contributed by atoms with Crippen LogP contribution in [0.4, 0.5) is 4.79 Å². The van der Waals surface area contributed by atoms with Gasteiger partial charge in [-0.1, -0.05) is 41.5 Å². The van der Waals surface area contributed by atoms with E-state index < -0.39 is 0 Å². The Morgan fingerprint density at radius 2 is 1.36 bits per heavy atom. The number of ether oxygens (including phenoxy) is 1. The van der Waals surface area contributed by atoms with Gasteiger partial charge in [-0.25, -0.2) is 4.79 Å². The van der Waals surface area contributed by atoms with Crippen molar-refractivity contribution in [3.8, 4) is 0 Å². The molecule has 0 heterocycles. The quantitative estimate of drug-likeness (QED) is 0.599. The van der Waals surface area contributed by atoms with Crippen molar-refractivity contribution in [1.82, 2.24) is 16.0 Å². The topological polar surface area (TPSA) is 79.5 Å². The molecule has 22 heavy (non-hydrogen) atoms. The Labute approximate surface area is 134 Å². The predicted octanol–water partition coefficient (Wildman–Crippen LogP) is 1.90. The molecular weight excluding hydrogens is 282 g/mol. The van der Waals surface area contributed by atoms with E-state index in [4.69, 9.17) is 4.74 Å².